The molecule has 2 rings (SSSR count). The monoisotopic (exact) mass is 280 g/mol. The van der Waals surface area contributed by atoms with Crippen molar-refractivity contribution in [2.75, 3.05) is 6.61 Å². The molecule has 2 atom stereocenters. The van der Waals surface area contributed by atoms with Crippen LogP contribution in [0.2, 0.25) is 0 Å². The average Bonchev–Trinajstić information content (AvgIpc) is 2.68. The second-order valence-corrected chi connectivity index (χ2v) is 5.41. The van der Waals surface area contributed by atoms with Gasteiger partial charge in [-0.2, -0.15) is 0 Å². The Morgan fingerprint density at radius 2 is 2.35 bits per heavy atom. The molecule has 0 spiro atoms. The Hall–Kier alpha value is -1.43. The summed E-state index contributed by atoms with van der Waals surface area (Å²) < 4.78 is 5.10. The molecule has 5 nitrogen and oxygen atoms in total. The van der Waals surface area contributed by atoms with E-state index < -0.39 is 5.60 Å². The van der Waals surface area contributed by atoms with Crippen molar-refractivity contribution in [3.8, 4) is 0 Å². The molecule has 110 valence electrons. The van der Waals surface area contributed by atoms with Gasteiger partial charge in [-0.25, -0.2) is 14.6 Å². The lowest BCUT2D eigenvalue weighted by Gasteiger charge is -2.34. The van der Waals surface area contributed by atoms with Gasteiger partial charge in [0.2, 0.25) is 0 Å². The van der Waals surface area contributed by atoms with Gasteiger partial charge >= 0.3 is 5.97 Å². The second-order valence-electron chi connectivity index (χ2n) is 5.41. The SMILES string of the molecule is CC1=C/C(=C\C2(C)CC[C@@H](/C(C)=C/CO)OO2)OC1=O. The van der Waals surface area contributed by atoms with Crippen LogP contribution in [-0.4, -0.2) is 29.4 Å². The molecule has 0 aromatic rings. The topological polar surface area (TPSA) is 65.0 Å². The van der Waals surface area contributed by atoms with Crippen molar-refractivity contribution in [2.24, 2.45) is 0 Å². The van der Waals surface area contributed by atoms with Gasteiger partial charge in [0.25, 0.3) is 0 Å². The van der Waals surface area contributed by atoms with Gasteiger partial charge in [0.05, 0.1) is 6.61 Å². The fourth-order valence-electron chi connectivity index (χ4n) is 2.21. The first-order chi connectivity index (χ1) is 9.43. The van der Waals surface area contributed by atoms with Crippen LogP contribution in [0.15, 0.2) is 35.1 Å². The molecular formula is C15H20O5. The Bertz CT molecular complexity index is 478. The summed E-state index contributed by atoms with van der Waals surface area (Å²) in [7, 11) is 0. The van der Waals surface area contributed by atoms with Crippen molar-refractivity contribution in [1.82, 2.24) is 0 Å². The van der Waals surface area contributed by atoms with Crippen LogP contribution in [0, 0.1) is 0 Å². The third-order valence-electron chi connectivity index (χ3n) is 3.52. The Morgan fingerprint density at radius 3 is 2.85 bits per heavy atom. The van der Waals surface area contributed by atoms with Crippen LogP contribution in [0.1, 0.15) is 33.6 Å². The van der Waals surface area contributed by atoms with Gasteiger partial charge in [0.1, 0.15) is 17.5 Å². The maximum Gasteiger partial charge on any atom is 0.339 e. The van der Waals surface area contributed by atoms with Crippen LogP contribution in [-0.2, 0) is 19.3 Å². The maximum absolute atomic E-state index is 11.3. The van der Waals surface area contributed by atoms with Crippen LogP contribution >= 0.6 is 0 Å². The molecule has 0 bridgehead atoms. The third-order valence-corrected chi connectivity index (χ3v) is 3.52. The molecule has 5 heteroatoms. The highest BCUT2D eigenvalue weighted by molar-refractivity contribution is 5.92. The van der Waals surface area contributed by atoms with Crippen LogP contribution in [0.5, 0.6) is 0 Å². The summed E-state index contributed by atoms with van der Waals surface area (Å²) in [4.78, 5) is 22.2. The number of aliphatic hydroxyl groups is 1. The number of hydrogen-bond acceptors (Lipinski definition) is 5. The molecule has 0 aromatic heterocycles. The van der Waals surface area contributed by atoms with Gasteiger partial charge in [-0.05, 0) is 51.3 Å². The number of ether oxygens (including phenoxy) is 1. The van der Waals surface area contributed by atoms with E-state index >= 15 is 0 Å². The smallest absolute Gasteiger partial charge is 0.339 e. The third kappa shape index (κ3) is 3.36. The number of rotatable bonds is 3. The van der Waals surface area contributed by atoms with Gasteiger partial charge in [0, 0.05) is 5.57 Å². The van der Waals surface area contributed by atoms with Crippen LogP contribution in [0.25, 0.3) is 0 Å². The quantitative estimate of drug-likeness (QED) is 0.487. The molecule has 1 N–H and O–H groups in total. The molecule has 0 radical (unpaired) electrons. The average molecular weight is 280 g/mol. The minimum atomic E-state index is -0.618. The zero-order chi connectivity index (χ0) is 14.8. The highest BCUT2D eigenvalue weighted by Crippen LogP contribution is 2.32. The van der Waals surface area contributed by atoms with E-state index in [1.807, 2.05) is 13.8 Å². The van der Waals surface area contributed by atoms with Gasteiger partial charge in [-0.15, -0.1) is 0 Å². The minimum Gasteiger partial charge on any atom is -0.423 e. The number of hydrogen-bond donors (Lipinski definition) is 1. The van der Waals surface area contributed by atoms with Crippen molar-refractivity contribution >= 4 is 5.97 Å². The van der Waals surface area contributed by atoms with Crippen LogP contribution in [0.3, 0.4) is 0 Å². The highest BCUT2D eigenvalue weighted by atomic mass is 17.2. The Balaban J connectivity index is 2.00. The standard InChI is InChI=1S/C15H20O5/c1-10(5-7-16)13-4-6-15(3,20-19-13)9-12-8-11(2)14(17)18-12/h5,8-9,13,16H,4,6-7H2,1-3H3/b10-5+,12-9+/t13-,15?/m0/s1. The zero-order valence-electron chi connectivity index (χ0n) is 12.0. The summed E-state index contributed by atoms with van der Waals surface area (Å²) in [6, 6.07) is 0. The van der Waals surface area contributed by atoms with Gasteiger partial charge in [0.15, 0.2) is 0 Å². The second kappa shape index (κ2) is 5.91. The fourth-order valence-corrected chi connectivity index (χ4v) is 2.21. The van der Waals surface area contributed by atoms with Crippen molar-refractivity contribution in [3.05, 3.63) is 35.1 Å². The van der Waals surface area contributed by atoms with E-state index in [-0.39, 0.29) is 18.7 Å². The number of cyclic esters (lactones) is 1. The van der Waals surface area contributed by atoms with Crippen molar-refractivity contribution in [2.45, 2.75) is 45.3 Å². The predicted octanol–water partition coefficient (Wildman–Crippen LogP) is 2.18. The molecule has 20 heavy (non-hydrogen) atoms. The first-order valence-corrected chi connectivity index (χ1v) is 6.69. The number of carbonyl (C=O) groups is 1. The summed E-state index contributed by atoms with van der Waals surface area (Å²) in [6.45, 7) is 5.49. The van der Waals surface area contributed by atoms with Gasteiger partial charge < -0.3 is 9.84 Å². The van der Waals surface area contributed by atoms with E-state index in [2.05, 4.69) is 0 Å². The largest absolute Gasteiger partial charge is 0.423 e. The van der Waals surface area contributed by atoms with E-state index in [0.717, 1.165) is 18.4 Å². The molecule has 0 aromatic carbocycles. The summed E-state index contributed by atoms with van der Waals surface area (Å²) in [5, 5.41) is 8.87. The Kier molecular flexibility index (Phi) is 4.42. The Labute approximate surface area is 118 Å². The van der Waals surface area contributed by atoms with Gasteiger partial charge in [-0.3, -0.25) is 0 Å². The first kappa shape index (κ1) is 15.0. The molecule has 1 fully saturated rings. The molecule has 2 aliphatic rings. The molecule has 2 heterocycles. The van der Waals surface area contributed by atoms with Crippen LogP contribution < -0.4 is 0 Å². The van der Waals surface area contributed by atoms with Crippen molar-refractivity contribution < 1.29 is 24.4 Å². The lowest BCUT2D eigenvalue weighted by molar-refractivity contribution is -0.386. The van der Waals surface area contributed by atoms with Gasteiger partial charge in [-0.1, -0.05) is 6.08 Å². The summed E-state index contributed by atoms with van der Waals surface area (Å²) in [6.07, 6.45) is 6.54. The lowest BCUT2D eigenvalue weighted by Crippen LogP contribution is -2.36. The van der Waals surface area contributed by atoms with E-state index in [9.17, 15) is 4.79 Å². The normalized spacial score (nSPS) is 33.3. The van der Waals surface area contributed by atoms with Crippen LogP contribution in [0.4, 0.5) is 0 Å². The van der Waals surface area contributed by atoms with E-state index in [1.165, 1.54) is 0 Å². The molecule has 2 aliphatic heterocycles. The van der Waals surface area contributed by atoms with Crippen molar-refractivity contribution in [3.63, 3.8) is 0 Å². The minimum absolute atomic E-state index is 0.00691. The number of esters is 1. The summed E-state index contributed by atoms with van der Waals surface area (Å²) >= 11 is 0. The number of carbonyl (C=O) groups excluding carboxylic acids is 1. The molecule has 1 saturated heterocycles. The number of allylic oxidation sites excluding steroid dienone is 1. The summed E-state index contributed by atoms with van der Waals surface area (Å²) in [5.74, 6) is 0.177. The summed E-state index contributed by atoms with van der Waals surface area (Å²) in [5.41, 5.74) is 0.911. The molecule has 0 amide bonds. The Morgan fingerprint density at radius 1 is 1.60 bits per heavy atom. The predicted molar refractivity (Wildman–Crippen MR) is 72.4 cm³/mol. The maximum atomic E-state index is 11.3. The molecule has 1 unspecified atom stereocenters. The van der Waals surface area contributed by atoms with Crippen molar-refractivity contribution in [1.29, 1.82) is 0 Å². The molecular weight excluding hydrogens is 260 g/mol. The first-order valence-electron chi connectivity index (χ1n) is 6.69. The molecule has 0 aliphatic carbocycles. The fraction of sp³-hybridized carbons (Fsp3) is 0.533. The van der Waals surface area contributed by atoms with E-state index in [0.29, 0.717) is 11.3 Å². The zero-order valence-corrected chi connectivity index (χ0v) is 12.0. The van der Waals surface area contributed by atoms with E-state index in [4.69, 9.17) is 19.6 Å². The van der Waals surface area contributed by atoms with E-state index in [1.54, 1.807) is 25.2 Å². The highest BCUT2D eigenvalue weighted by Gasteiger charge is 2.34. The lowest BCUT2D eigenvalue weighted by atomic mass is 9.93. The molecule has 0 saturated carbocycles. The number of aliphatic hydroxyl groups excluding tert-OH is 1.